The average molecular weight is 426 g/mol. The Bertz CT molecular complexity index is 1010. The molecule has 30 heavy (non-hydrogen) atoms. The molecule has 6 nitrogen and oxygen atoms in total. The molecule has 0 aliphatic rings. The molecule has 156 valence electrons. The second-order valence-electron chi connectivity index (χ2n) is 6.21. The maximum absolute atomic E-state index is 12.7. The average Bonchev–Trinajstić information content (AvgIpc) is 3.18. The van der Waals surface area contributed by atoms with E-state index < -0.39 is 5.97 Å². The Labute approximate surface area is 179 Å². The number of carbonyl (C=O) groups excluding carboxylic acids is 2. The predicted octanol–water partition coefficient (Wildman–Crippen LogP) is 5.25. The summed E-state index contributed by atoms with van der Waals surface area (Å²) >= 11 is 1.27. The fourth-order valence-electron chi connectivity index (χ4n) is 2.91. The Morgan fingerprint density at radius 2 is 1.47 bits per heavy atom. The van der Waals surface area contributed by atoms with Crippen LogP contribution in [0.5, 0.6) is 11.5 Å². The van der Waals surface area contributed by atoms with E-state index in [1.165, 1.54) is 18.4 Å². The Balaban J connectivity index is 1.87. The van der Waals surface area contributed by atoms with Gasteiger partial charge in [-0.1, -0.05) is 12.1 Å². The topological polar surface area (TPSA) is 73.9 Å². The Hall–Kier alpha value is -3.32. The van der Waals surface area contributed by atoms with Gasteiger partial charge in [0, 0.05) is 16.5 Å². The third kappa shape index (κ3) is 4.80. The number of esters is 1. The lowest BCUT2D eigenvalue weighted by atomic mass is 10.0. The summed E-state index contributed by atoms with van der Waals surface area (Å²) in [6.45, 7) is 4.94. The van der Waals surface area contributed by atoms with Gasteiger partial charge in [0.25, 0.3) is 5.91 Å². The number of hydrogen-bond acceptors (Lipinski definition) is 6. The number of hydrogen-bond donors (Lipinski definition) is 1. The molecule has 2 aromatic carbocycles. The fraction of sp³-hybridized carbons (Fsp3) is 0.217. The van der Waals surface area contributed by atoms with Gasteiger partial charge in [0.1, 0.15) is 22.1 Å². The van der Waals surface area contributed by atoms with Crippen molar-refractivity contribution in [2.24, 2.45) is 0 Å². The molecule has 0 unspecified atom stereocenters. The lowest BCUT2D eigenvalue weighted by Crippen LogP contribution is -2.14. The molecule has 3 aromatic rings. The Kier molecular flexibility index (Phi) is 7.08. The summed E-state index contributed by atoms with van der Waals surface area (Å²) in [7, 11) is 1.32. The highest BCUT2D eigenvalue weighted by Crippen LogP contribution is 2.37. The van der Waals surface area contributed by atoms with Gasteiger partial charge < -0.3 is 19.5 Å². The number of methoxy groups -OCH3 is 1. The molecule has 0 spiro atoms. The monoisotopic (exact) mass is 425 g/mol. The van der Waals surface area contributed by atoms with Crippen LogP contribution in [-0.2, 0) is 4.74 Å². The molecule has 0 aliphatic heterocycles. The number of ether oxygens (including phenoxy) is 3. The number of thiophene rings is 1. The van der Waals surface area contributed by atoms with Gasteiger partial charge in [-0.05, 0) is 55.8 Å². The Morgan fingerprint density at radius 1 is 0.900 bits per heavy atom. The number of amides is 1. The van der Waals surface area contributed by atoms with Crippen LogP contribution in [0, 0.1) is 0 Å². The van der Waals surface area contributed by atoms with E-state index in [-0.39, 0.29) is 5.91 Å². The number of carbonyl (C=O) groups is 2. The molecular weight excluding hydrogens is 402 g/mol. The first kappa shape index (κ1) is 21.4. The van der Waals surface area contributed by atoms with Crippen LogP contribution in [0.1, 0.15) is 34.6 Å². The zero-order valence-electron chi connectivity index (χ0n) is 17.1. The second-order valence-corrected chi connectivity index (χ2v) is 7.09. The zero-order chi connectivity index (χ0) is 21.5. The standard InChI is InChI=1S/C23H23NO5S/c1-4-28-17-10-6-15(7-11-17)19-14-30-22(20(19)23(26)27-3)24-21(25)16-8-12-18(13-9-16)29-5-2/h6-14H,4-5H2,1-3H3,(H,24,25). The summed E-state index contributed by atoms with van der Waals surface area (Å²) < 4.78 is 15.8. The summed E-state index contributed by atoms with van der Waals surface area (Å²) in [5, 5.41) is 5.09. The molecule has 1 heterocycles. The van der Waals surface area contributed by atoms with Crippen LogP contribution < -0.4 is 14.8 Å². The van der Waals surface area contributed by atoms with Crippen LogP contribution >= 0.6 is 11.3 Å². The third-order valence-corrected chi connectivity index (χ3v) is 5.21. The van der Waals surface area contributed by atoms with Gasteiger partial charge in [0.15, 0.2) is 0 Å². The largest absolute Gasteiger partial charge is 0.494 e. The molecular formula is C23H23NO5S. The highest BCUT2D eigenvalue weighted by molar-refractivity contribution is 7.15. The number of rotatable bonds is 8. The van der Waals surface area contributed by atoms with E-state index in [4.69, 9.17) is 14.2 Å². The van der Waals surface area contributed by atoms with Crippen molar-refractivity contribution < 1.29 is 23.8 Å². The minimum absolute atomic E-state index is 0.316. The Morgan fingerprint density at radius 3 is 2.00 bits per heavy atom. The van der Waals surface area contributed by atoms with Crippen molar-refractivity contribution >= 4 is 28.2 Å². The molecule has 1 N–H and O–H groups in total. The predicted molar refractivity (Wildman–Crippen MR) is 118 cm³/mol. The molecule has 0 atom stereocenters. The van der Waals surface area contributed by atoms with Gasteiger partial charge >= 0.3 is 5.97 Å². The molecule has 0 saturated heterocycles. The molecule has 0 radical (unpaired) electrons. The van der Waals surface area contributed by atoms with Crippen molar-refractivity contribution in [1.82, 2.24) is 0 Å². The summed E-state index contributed by atoms with van der Waals surface area (Å²) in [5.41, 5.74) is 2.31. The van der Waals surface area contributed by atoms with Crippen molar-refractivity contribution in [2.45, 2.75) is 13.8 Å². The van der Waals surface area contributed by atoms with Crippen LogP contribution in [-0.4, -0.2) is 32.2 Å². The maximum Gasteiger partial charge on any atom is 0.341 e. The molecule has 0 bridgehead atoms. The maximum atomic E-state index is 12.7. The molecule has 0 saturated carbocycles. The molecule has 7 heteroatoms. The van der Waals surface area contributed by atoms with Crippen LogP contribution in [0.3, 0.4) is 0 Å². The minimum atomic E-state index is -0.512. The summed E-state index contributed by atoms with van der Waals surface area (Å²) in [6, 6.07) is 14.3. The first-order chi connectivity index (χ1) is 14.6. The van der Waals surface area contributed by atoms with Crippen LogP contribution in [0.25, 0.3) is 11.1 Å². The van der Waals surface area contributed by atoms with Gasteiger partial charge in [-0.2, -0.15) is 0 Å². The van der Waals surface area contributed by atoms with E-state index in [2.05, 4.69) is 5.32 Å². The number of anilines is 1. The number of nitrogens with one attached hydrogen (secondary N) is 1. The summed E-state index contributed by atoms with van der Waals surface area (Å²) in [4.78, 5) is 25.2. The zero-order valence-corrected chi connectivity index (χ0v) is 17.9. The van der Waals surface area contributed by atoms with E-state index in [1.807, 2.05) is 43.5 Å². The normalized spacial score (nSPS) is 10.4. The van der Waals surface area contributed by atoms with E-state index in [1.54, 1.807) is 24.3 Å². The summed E-state index contributed by atoms with van der Waals surface area (Å²) in [5.74, 6) is 0.615. The van der Waals surface area contributed by atoms with Gasteiger partial charge in [-0.3, -0.25) is 4.79 Å². The molecule has 1 amide bonds. The van der Waals surface area contributed by atoms with Crippen LogP contribution in [0.4, 0.5) is 5.00 Å². The van der Waals surface area contributed by atoms with Crippen LogP contribution in [0.15, 0.2) is 53.9 Å². The van der Waals surface area contributed by atoms with Crippen LogP contribution in [0.2, 0.25) is 0 Å². The molecule has 3 rings (SSSR count). The van der Waals surface area contributed by atoms with Crippen molar-refractivity contribution in [2.75, 3.05) is 25.6 Å². The smallest absolute Gasteiger partial charge is 0.341 e. The molecule has 0 fully saturated rings. The van der Waals surface area contributed by atoms with E-state index >= 15 is 0 Å². The highest BCUT2D eigenvalue weighted by atomic mass is 32.1. The van der Waals surface area contributed by atoms with Gasteiger partial charge in [0.05, 0.1) is 20.3 Å². The fourth-order valence-corrected chi connectivity index (χ4v) is 3.86. The lowest BCUT2D eigenvalue weighted by Gasteiger charge is -2.09. The first-order valence-electron chi connectivity index (χ1n) is 9.54. The first-order valence-corrected chi connectivity index (χ1v) is 10.4. The quantitative estimate of drug-likeness (QED) is 0.499. The molecule has 0 aliphatic carbocycles. The van der Waals surface area contributed by atoms with Crippen molar-refractivity contribution in [3.05, 3.63) is 65.0 Å². The van der Waals surface area contributed by atoms with Crippen molar-refractivity contribution in [1.29, 1.82) is 0 Å². The summed E-state index contributed by atoms with van der Waals surface area (Å²) in [6.07, 6.45) is 0. The minimum Gasteiger partial charge on any atom is -0.494 e. The second kappa shape index (κ2) is 9.93. The SMILES string of the molecule is CCOc1ccc(C(=O)Nc2scc(-c3ccc(OCC)cc3)c2C(=O)OC)cc1. The van der Waals surface area contributed by atoms with E-state index in [0.717, 1.165) is 11.3 Å². The van der Waals surface area contributed by atoms with Crippen molar-refractivity contribution in [3.63, 3.8) is 0 Å². The number of benzene rings is 2. The van der Waals surface area contributed by atoms with E-state index in [9.17, 15) is 9.59 Å². The lowest BCUT2D eigenvalue weighted by molar-refractivity contribution is 0.0603. The van der Waals surface area contributed by atoms with Gasteiger partial charge in [0.2, 0.25) is 0 Å². The molecule has 1 aromatic heterocycles. The van der Waals surface area contributed by atoms with Crippen molar-refractivity contribution in [3.8, 4) is 22.6 Å². The highest BCUT2D eigenvalue weighted by Gasteiger charge is 2.22. The van der Waals surface area contributed by atoms with E-state index in [0.29, 0.717) is 40.7 Å². The third-order valence-electron chi connectivity index (χ3n) is 4.31. The van der Waals surface area contributed by atoms with Gasteiger partial charge in [-0.25, -0.2) is 4.79 Å². The van der Waals surface area contributed by atoms with Gasteiger partial charge in [-0.15, -0.1) is 11.3 Å².